The van der Waals surface area contributed by atoms with Crippen molar-refractivity contribution in [1.29, 1.82) is 0 Å². The van der Waals surface area contributed by atoms with Gasteiger partial charge in [-0.15, -0.1) is 0 Å². The highest BCUT2D eigenvalue weighted by Crippen LogP contribution is 2.17. The van der Waals surface area contributed by atoms with Crippen LogP contribution in [-0.4, -0.2) is 31.2 Å². The normalized spacial score (nSPS) is 11.1. The first kappa shape index (κ1) is 14.0. The second kappa shape index (κ2) is 7.30. The van der Waals surface area contributed by atoms with Gasteiger partial charge < -0.3 is 10.5 Å². The first-order chi connectivity index (χ1) is 8.19. The van der Waals surface area contributed by atoms with Gasteiger partial charge in [-0.3, -0.25) is 4.90 Å². The summed E-state index contributed by atoms with van der Waals surface area (Å²) in [7, 11) is 0. The number of nitrogen functional groups attached to an aromatic ring is 1. The molecule has 0 atom stereocenters. The number of likely N-dealkylation sites (N-methyl/N-ethyl adjacent to an activating group) is 1. The van der Waals surface area contributed by atoms with Crippen molar-refractivity contribution in [2.45, 2.75) is 27.3 Å². The molecule has 0 heterocycles. The van der Waals surface area contributed by atoms with Crippen LogP contribution in [0.25, 0.3) is 0 Å². The summed E-state index contributed by atoms with van der Waals surface area (Å²) in [4.78, 5) is 2.37. The molecule has 0 unspecified atom stereocenters. The van der Waals surface area contributed by atoms with Gasteiger partial charge in [0.25, 0.3) is 0 Å². The molecule has 0 aliphatic heterocycles. The Balaban J connectivity index is 2.57. The van der Waals surface area contributed by atoms with Crippen molar-refractivity contribution < 1.29 is 4.74 Å². The van der Waals surface area contributed by atoms with Crippen LogP contribution < -0.4 is 5.73 Å². The number of anilines is 1. The van der Waals surface area contributed by atoms with Crippen molar-refractivity contribution in [3.8, 4) is 0 Å². The van der Waals surface area contributed by atoms with Crippen molar-refractivity contribution in [3.05, 3.63) is 29.3 Å². The summed E-state index contributed by atoms with van der Waals surface area (Å²) < 4.78 is 5.39. The molecule has 0 aliphatic carbocycles. The van der Waals surface area contributed by atoms with Gasteiger partial charge in [-0.05, 0) is 37.6 Å². The molecule has 0 saturated carbocycles. The Kier molecular flexibility index (Phi) is 6.01. The topological polar surface area (TPSA) is 38.5 Å². The van der Waals surface area contributed by atoms with E-state index in [9.17, 15) is 0 Å². The summed E-state index contributed by atoms with van der Waals surface area (Å²) in [6, 6.07) is 6.12. The number of ether oxygens (including phenoxy) is 1. The molecule has 0 saturated heterocycles. The maximum absolute atomic E-state index is 5.92. The van der Waals surface area contributed by atoms with Gasteiger partial charge in [0.1, 0.15) is 0 Å². The van der Waals surface area contributed by atoms with Gasteiger partial charge in [-0.1, -0.05) is 19.1 Å². The molecular formula is C14H24N2O. The quantitative estimate of drug-likeness (QED) is 0.584. The maximum atomic E-state index is 5.92. The van der Waals surface area contributed by atoms with E-state index < -0.39 is 0 Å². The number of rotatable bonds is 7. The maximum Gasteiger partial charge on any atom is 0.0593 e. The number of nitrogens with two attached hydrogens (primary N) is 1. The van der Waals surface area contributed by atoms with E-state index in [4.69, 9.17) is 10.5 Å². The summed E-state index contributed by atoms with van der Waals surface area (Å²) in [5.74, 6) is 0. The molecule has 2 N–H and O–H groups in total. The second-order valence-electron chi connectivity index (χ2n) is 4.20. The highest BCUT2D eigenvalue weighted by atomic mass is 16.5. The molecule has 3 heteroatoms. The molecule has 0 spiro atoms. The van der Waals surface area contributed by atoms with E-state index in [0.29, 0.717) is 0 Å². The van der Waals surface area contributed by atoms with Crippen LogP contribution in [0.15, 0.2) is 18.2 Å². The fourth-order valence-electron chi connectivity index (χ4n) is 1.80. The lowest BCUT2D eigenvalue weighted by atomic mass is 10.1. The van der Waals surface area contributed by atoms with E-state index in [1.54, 1.807) is 0 Å². The van der Waals surface area contributed by atoms with E-state index in [1.807, 2.05) is 19.1 Å². The van der Waals surface area contributed by atoms with Crippen molar-refractivity contribution in [1.82, 2.24) is 4.90 Å². The van der Waals surface area contributed by atoms with Crippen molar-refractivity contribution in [2.24, 2.45) is 0 Å². The SMILES string of the molecule is CCOCCN(CC)Cc1cccc(N)c1C. The molecule has 0 bridgehead atoms. The van der Waals surface area contributed by atoms with Gasteiger partial charge >= 0.3 is 0 Å². The van der Waals surface area contributed by atoms with E-state index in [0.717, 1.165) is 38.5 Å². The Morgan fingerprint density at radius 1 is 1.29 bits per heavy atom. The molecule has 1 aromatic carbocycles. The Bertz CT molecular complexity index is 339. The predicted molar refractivity (Wildman–Crippen MR) is 73.0 cm³/mol. The Morgan fingerprint density at radius 2 is 2.06 bits per heavy atom. The third kappa shape index (κ3) is 4.36. The van der Waals surface area contributed by atoms with Gasteiger partial charge in [-0.2, -0.15) is 0 Å². The first-order valence-corrected chi connectivity index (χ1v) is 6.33. The molecule has 1 aromatic rings. The summed E-state index contributed by atoms with van der Waals surface area (Å²) in [5.41, 5.74) is 9.30. The number of hydrogen-bond donors (Lipinski definition) is 1. The smallest absolute Gasteiger partial charge is 0.0593 e. The van der Waals surface area contributed by atoms with E-state index >= 15 is 0 Å². The molecule has 1 rings (SSSR count). The molecule has 0 aliphatic rings. The minimum atomic E-state index is 0.787. The second-order valence-corrected chi connectivity index (χ2v) is 4.20. The van der Waals surface area contributed by atoms with Crippen LogP contribution in [0.2, 0.25) is 0 Å². The third-order valence-corrected chi connectivity index (χ3v) is 3.09. The molecule has 0 fully saturated rings. The summed E-state index contributed by atoms with van der Waals surface area (Å²) in [6.45, 7) is 10.8. The summed E-state index contributed by atoms with van der Waals surface area (Å²) in [6.07, 6.45) is 0. The summed E-state index contributed by atoms with van der Waals surface area (Å²) >= 11 is 0. The van der Waals surface area contributed by atoms with E-state index in [-0.39, 0.29) is 0 Å². The molecule has 0 radical (unpaired) electrons. The number of nitrogens with zero attached hydrogens (tertiary/aromatic N) is 1. The van der Waals surface area contributed by atoms with Crippen LogP contribution in [0.3, 0.4) is 0 Å². The fourth-order valence-corrected chi connectivity index (χ4v) is 1.80. The van der Waals surface area contributed by atoms with Crippen molar-refractivity contribution in [2.75, 3.05) is 32.0 Å². The van der Waals surface area contributed by atoms with E-state index in [1.165, 1.54) is 11.1 Å². The number of hydrogen-bond acceptors (Lipinski definition) is 3. The Hall–Kier alpha value is -1.06. The minimum Gasteiger partial charge on any atom is -0.399 e. The largest absolute Gasteiger partial charge is 0.399 e. The zero-order valence-corrected chi connectivity index (χ0v) is 11.2. The molecular weight excluding hydrogens is 212 g/mol. The van der Waals surface area contributed by atoms with Crippen LogP contribution in [0.4, 0.5) is 5.69 Å². The van der Waals surface area contributed by atoms with Crippen molar-refractivity contribution in [3.63, 3.8) is 0 Å². The van der Waals surface area contributed by atoms with Crippen LogP contribution in [0, 0.1) is 6.92 Å². The van der Waals surface area contributed by atoms with Gasteiger partial charge in [0.05, 0.1) is 6.61 Å². The molecule has 96 valence electrons. The van der Waals surface area contributed by atoms with Crippen LogP contribution in [0.1, 0.15) is 25.0 Å². The average molecular weight is 236 g/mol. The highest BCUT2D eigenvalue weighted by Gasteiger charge is 2.07. The lowest BCUT2D eigenvalue weighted by molar-refractivity contribution is 0.113. The fraction of sp³-hybridized carbons (Fsp3) is 0.571. The van der Waals surface area contributed by atoms with Crippen LogP contribution in [0.5, 0.6) is 0 Å². The number of benzene rings is 1. The van der Waals surface area contributed by atoms with Crippen LogP contribution >= 0.6 is 0 Å². The van der Waals surface area contributed by atoms with Gasteiger partial charge in [0.2, 0.25) is 0 Å². The minimum absolute atomic E-state index is 0.787. The molecule has 0 amide bonds. The van der Waals surface area contributed by atoms with Gasteiger partial charge in [-0.25, -0.2) is 0 Å². The summed E-state index contributed by atoms with van der Waals surface area (Å²) in [5, 5.41) is 0. The third-order valence-electron chi connectivity index (χ3n) is 3.09. The lowest BCUT2D eigenvalue weighted by Crippen LogP contribution is -2.27. The van der Waals surface area contributed by atoms with Gasteiger partial charge in [0, 0.05) is 25.4 Å². The average Bonchev–Trinajstić information content (AvgIpc) is 2.33. The van der Waals surface area contributed by atoms with Crippen molar-refractivity contribution >= 4 is 5.69 Å². The molecule has 0 aromatic heterocycles. The molecule has 17 heavy (non-hydrogen) atoms. The van der Waals surface area contributed by atoms with Crippen LogP contribution in [-0.2, 0) is 11.3 Å². The highest BCUT2D eigenvalue weighted by molar-refractivity contribution is 5.49. The lowest BCUT2D eigenvalue weighted by Gasteiger charge is -2.21. The van der Waals surface area contributed by atoms with E-state index in [2.05, 4.69) is 24.8 Å². The Labute approximate surface area is 105 Å². The predicted octanol–water partition coefficient (Wildman–Crippen LogP) is 2.44. The standard InChI is InChI=1S/C14H24N2O/c1-4-16(9-10-17-5-2)11-13-7-6-8-14(15)12(13)3/h6-8H,4-5,9-11,15H2,1-3H3. The Morgan fingerprint density at radius 3 is 2.71 bits per heavy atom. The zero-order chi connectivity index (χ0) is 12.7. The van der Waals surface area contributed by atoms with Gasteiger partial charge in [0.15, 0.2) is 0 Å². The molecule has 3 nitrogen and oxygen atoms in total. The first-order valence-electron chi connectivity index (χ1n) is 6.33. The zero-order valence-electron chi connectivity index (χ0n) is 11.2. The monoisotopic (exact) mass is 236 g/mol.